The topological polar surface area (TPSA) is 77.3 Å². The highest BCUT2D eigenvalue weighted by Gasteiger charge is 2.42. The quantitative estimate of drug-likeness (QED) is 0.633. The summed E-state index contributed by atoms with van der Waals surface area (Å²) < 4.78 is 31.7. The van der Waals surface area contributed by atoms with Crippen molar-refractivity contribution in [3.63, 3.8) is 0 Å². The maximum absolute atomic E-state index is 11.5. The Morgan fingerprint density at radius 3 is 3.06 bits per heavy atom. The van der Waals surface area contributed by atoms with E-state index in [0.717, 1.165) is 5.69 Å². The SMILES string of the molecule is CS(=O)(=O)N1C[C@@H]2OCc3cnnn3[C@H]2C1. The maximum atomic E-state index is 11.5. The molecule has 1 aromatic heterocycles. The van der Waals surface area contributed by atoms with Gasteiger partial charge in [0.25, 0.3) is 0 Å². The molecule has 2 aliphatic rings. The monoisotopic (exact) mass is 244 g/mol. The van der Waals surface area contributed by atoms with Crippen LogP contribution in [-0.2, 0) is 21.4 Å². The Kier molecular flexibility index (Phi) is 2.07. The average molecular weight is 244 g/mol. The zero-order valence-electron chi connectivity index (χ0n) is 8.78. The molecule has 0 N–H and O–H groups in total. The van der Waals surface area contributed by atoms with Crippen molar-refractivity contribution in [3.05, 3.63) is 11.9 Å². The zero-order chi connectivity index (χ0) is 11.3. The van der Waals surface area contributed by atoms with Crippen molar-refractivity contribution in [1.82, 2.24) is 19.3 Å². The van der Waals surface area contributed by atoms with Crippen molar-refractivity contribution in [2.45, 2.75) is 18.8 Å². The fraction of sp³-hybridized carbons (Fsp3) is 0.750. The van der Waals surface area contributed by atoms with Crippen LogP contribution in [0.25, 0.3) is 0 Å². The Balaban J connectivity index is 1.93. The van der Waals surface area contributed by atoms with Crippen molar-refractivity contribution >= 4 is 10.0 Å². The Morgan fingerprint density at radius 1 is 1.50 bits per heavy atom. The molecular weight excluding hydrogens is 232 g/mol. The molecule has 0 amide bonds. The number of hydrogen-bond acceptors (Lipinski definition) is 5. The molecule has 2 atom stereocenters. The van der Waals surface area contributed by atoms with Gasteiger partial charge in [0.1, 0.15) is 0 Å². The second-order valence-corrected chi connectivity index (χ2v) is 6.15. The normalized spacial score (nSPS) is 30.1. The van der Waals surface area contributed by atoms with Crippen molar-refractivity contribution in [2.75, 3.05) is 19.3 Å². The smallest absolute Gasteiger partial charge is 0.211 e. The van der Waals surface area contributed by atoms with Gasteiger partial charge < -0.3 is 4.74 Å². The summed E-state index contributed by atoms with van der Waals surface area (Å²) >= 11 is 0. The number of fused-ring (bicyclic) bond motifs is 3. The van der Waals surface area contributed by atoms with Gasteiger partial charge in [-0.2, -0.15) is 4.31 Å². The molecule has 1 saturated heterocycles. The van der Waals surface area contributed by atoms with E-state index in [1.807, 2.05) is 0 Å². The minimum Gasteiger partial charge on any atom is -0.368 e. The Bertz CT molecular complexity index is 511. The van der Waals surface area contributed by atoms with E-state index in [-0.39, 0.29) is 12.1 Å². The molecule has 0 radical (unpaired) electrons. The number of nitrogens with zero attached hydrogens (tertiary/aromatic N) is 4. The molecule has 1 aromatic rings. The van der Waals surface area contributed by atoms with Crippen LogP contribution in [0, 0.1) is 0 Å². The summed E-state index contributed by atoms with van der Waals surface area (Å²) in [6, 6.07) is -0.0408. The Labute approximate surface area is 93.0 Å². The third kappa shape index (κ3) is 1.45. The average Bonchev–Trinajstić information content (AvgIpc) is 2.81. The van der Waals surface area contributed by atoms with Gasteiger partial charge in [-0.05, 0) is 0 Å². The Hall–Kier alpha value is -0.990. The van der Waals surface area contributed by atoms with E-state index in [0.29, 0.717) is 19.7 Å². The lowest BCUT2D eigenvalue weighted by atomic mass is 10.2. The molecule has 8 heteroatoms. The van der Waals surface area contributed by atoms with E-state index in [9.17, 15) is 8.42 Å². The van der Waals surface area contributed by atoms with Gasteiger partial charge in [-0.25, -0.2) is 13.1 Å². The lowest BCUT2D eigenvalue weighted by Gasteiger charge is -2.25. The highest BCUT2D eigenvalue weighted by molar-refractivity contribution is 7.88. The van der Waals surface area contributed by atoms with Crippen LogP contribution in [0.5, 0.6) is 0 Å². The van der Waals surface area contributed by atoms with Gasteiger partial charge in [-0.3, -0.25) is 0 Å². The standard InChI is InChI=1S/C8H12N4O3S/c1-16(13,14)11-3-7-8(4-11)15-5-6-2-9-10-12(6)7/h2,7-8H,3-5H2,1H3/t7-,8-/m0/s1. The summed E-state index contributed by atoms with van der Waals surface area (Å²) in [4.78, 5) is 0. The summed E-state index contributed by atoms with van der Waals surface area (Å²) in [6.07, 6.45) is 2.76. The summed E-state index contributed by atoms with van der Waals surface area (Å²) in [7, 11) is -3.15. The van der Waals surface area contributed by atoms with Gasteiger partial charge >= 0.3 is 0 Å². The third-order valence-corrected chi connectivity index (χ3v) is 4.32. The number of ether oxygens (including phenoxy) is 1. The molecule has 0 bridgehead atoms. The second kappa shape index (κ2) is 3.25. The number of hydrogen-bond donors (Lipinski definition) is 0. The van der Waals surface area contributed by atoms with E-state index in [4.69, 9.17) is 4.74 Å². The molecule has 16 heavy (non-hydrogen) atoms. The molecule has 3 rings (SSSR count). The summed E-state index contributed by atoms with van der Waals surface area (Å²) in [5.74, 6) is 0. The van der Waals surface area contributed by atoms with Gasteiger partial charge in [0, 0.05) is 13.1 Å². The second-order valence-electron chi connectivity index (χ2n) is 4.17. The van der Waals surface area contributed by atoms with Crippen LogP contribution < -0.4 is 0 Å². The first-order chi connectivity index (χ1) is 7.55. The molecule has 0 aliphatic carbocycles. The molecule has 2 aliphatic heterocycles. The Morgan fingerprint density at radius 2 is 2.31 bits per heavy atom. The van der Waals surface area contributed by atoms with Crippen LogP contribution in [0.15, 0.2) is 6.20 Å². The van der Waals surface area contributed by atoms with E-state index in [2.05, 4.69) is 10.3 Å². The first-order valence-electron chi connectivity index (χ1n) is 5.01. The van der Waals surface area contributed by atoms with Crippen LogP contribution in [-0.4, -0.2) is 53.2 Å². The number of aromatic nitrogens is 3. The fourth-order valence-corrected chi connectivity index (χ4v) is 3.07. The fourth-order valence-electron chi connectivity index (χ4n) is 2.23. The molecule has 0 unspecified atom stereocenters. The predicted octanol–water partition coefficient (Wildman–Crippen LogP) is -1.01. The number of sulfonamides is 1. The molecule has 3 heterocycles. The van der Waals surface area contributed by atoms with Crippen LogP contribution in [0.1, 0.15) is 11.7 Å². The lowest BCUT2D eigenvalue weighted by Crippen LogP contribution is -2.32. The first kappa shape index (κ1) is 10.2. The third-order valence-electron chi connectivity index (χ3n) is 3.08. The highest BCUT2D eigenvalue weighted by Crippen LogP contribution is 2.30. The lowest BCUT2D eigenvalue weighted by molar-refractivity contribution is -0.00389. The zero-order valence-corrected chi connectivity index (χ0v) is 9.59. The van der Waals surface area contributed by atoms with Crippen molar-refractivity contribution in [3.8, 4) is 0 Å². The summed E-state index contributed by atoms with van der Waals surface area (Å²) in [6.45, 7) is 1.27. The highest BCUT2D eigenvalue weighted by atomic mass is 32.2. The van der Waals surface area contributed by atoms with E-state index in [1.54, 1.807) is 10.9 Å². The molecule has 0 saturated carbocycles. The van der Waals surface area contributed by atoms with Crippen molar-refractivity contribution in [2.24, 2.45) is 0 Å². The van der Waals surface area contributed by atoms with Gasteiger partial charge in [0.05, 0.1) is 36.9 Å². The molecule has 88 valence electrons. The van der Waals surface area contributed by atoms with Crippen LogP contribution >= 0.6 is 0 Å². The van der Waals surface area contributed by atoms with Gasteiger partial charge in [0.15, 0.2) is 0 Å². The van der Waals surface area contributed by atoms with Gasteiger partial charge in [-0.15, -0.1) is 5.10 Å². The molecular formula is C8H12N4O3S. The van der Waals surface area contributed by atoms with Crippen molar-refractivity contribution < 1.29 is 13.2 Å². The molecule has 7 nitrogen and oxygen atoms in total. The largest absolute Gasteiger partial charge is 0.368 e. The summed E-state index contributed by atoms with van der Waals surface area (Å²) in [5.41, 5.74) is 0.900. The minimum atomic E-state index is -3.15. The van der Waals surface area contributed by atoms with E-state index in [1.165, 1.54) is 10.6 Å². The maximum Gasteiger partial charge on any atom is 0.211 e. The van der Waals surface area contributed by atoms with Crippen LogP contribution in [0.2, 0.25) is 0 Å². The van der Waals surface area contributed by atoms with E-state index >= 15 is 0 Å². The van der Waals surface area contributed by atoms with Crippen LogP contribution in [0.4, 0.5) is 0 Å². The van der Waals surface area contributed by atoms with Gasteiger partial charge in [-0.1, -0.05) is 5.21 Å². The molecule has 0 spiro atoms. The number of rotatable bonds is 1. The molecule has 0 aromatic carbocycles. The van der Waals surface area contributed by atoms with Gasteiger partial charge in [0.2, 0.25) is 10.0 Å². The van der Waals surface area contributed by atoms with E-state index < -0.39 is 10.0 Å². The molecule has 1 fully saturated rings. The summed E-state index contributed by atoms with van der Waals surface area (Å²) in [5, 5.41) is 7.80. The van der Waals surface area contributed by atoms with Crippen molar-refractivity contribution in [1.29, 1.82) is 0 Å². The minimum absolute atomic E-state index is 0.0408. The van der Waals surface area contributed by atoms with Crippen LogP contribution in [0.3, 0.4) is 0 Å². The first-order valence-corrected chi connectivity index (χ1v) is 6.86. The predicted molar refractivity (Wildman–Crippen MR) is 54.1 cm³/mol.